The quantitative estimate of drug-likeness (QED) is 0.647. The van der Waals surface area contributed by atoms with Crippen LogP contribution in [0.4, 0.5) is 0 Å². The SMILES string of the molecule is CCOC(O)c1ccco1. The van der Waals surface area contributed by atoms with Gasteiger partial charge >= 0.3 is 0 Å². The summed E-state index contributed by atoms with van der Waals surface area (Å²) in [6.07, 6.45) is 0.581. The molecule has 1 unspecified atom stereocenters. The molecule has 0 fully saturated rings. The molecule has 1 aromatic heterocycles. The van der Waals surface area contributed by atoms with Crippen molar-refractivity contribution < 1.29 is 14.3 Å². The van der Waals surface area contributed by atoms with Crippen molar-refractivity contribution in [2.45, 2.75) is 13.2 Å². The van der Waals surface area contributed by atoms with Crippen LogP contribution in [0.3, 0.4) is 0 Å². The minimum absolute atomic E-state index is 0.446. The summed E-state index contributed by atoms with van der Waals surface area (Å²) in [6, 6.07) is 3.37. The fourth-order valence-electron chi connectivity index (χ4n) is 0.672. The topological polar surface area (TPSA) is 42.6 Å². The van der Waals surface area contributed by atoms with Gasteiger partial charge in [-0.25, -0.2) is 0 Å². The van der Waals surface area contributed by atoms with Gasteiger partial charge in [-0.05, 0) is 19.1 Å². The van der Waals surface area contributed by atoms with E-state index in [0.29, 0.717) is 12.4 Å². The Labute approximate surface area is 59.2 Å². The predicted molar refractivity (Wildman–Crippen MR) is 35.3 cm³/mol. The van der Waals surface area contributed by atoms with Gasteiger partial charge in [-0.3, -0.25) is 0 Å². The van der Waals surface area contributed by atoms with Gasteiger partial charge in [0.15, 0.2) is 5.76 Å². The summed E-state index contributed by atoms with van der Waals surface area (Å²) in [7, 11) is 0. The highest BCUT2D eigenvalue weighted by molar-refractivity contribution is 4.98. The first-order valence-electron chi connectivity index (χ1n) is 3.17. The lowest BCUT2D eigenvalue weighted by Gasteiger charge is -2.05. The molecular weight excluding hydrogens is 132 g/mol. The van der Waals surface area contributed by atoms with Gasteiger partial charge in [0, 0.05) is 6.61 Å². The Kier molecular flexibility index (Phi) is 2.48. The number of hydrogen-bond donors (Lipinski definition) is 1. The number of rotatable bonds is 3. The summed E-state index contributed by atoms with van der Waals surface area (Å²) in [5.41, 5.74) is 0. The second-order valence-electron chi connectivity index (χ2n) is 1.82. The van der Waals surface area contributed by atoms with Crippen LogP contribution in [0.25, 0.3) is 0 Å². The number of hydrogen-bond acceptors (Lipinski definition) is 3. The third-order valence-corrected chi connectivity index (χ3v) is 1.11. The zero-order chi connectivity index (χ0) is 7.40. The lowest BCUT2D eigenvalue weighted by molar-refractivity contribution is -0.110. The average Bonchev–Trinajstić information content (AvgIpc) is 2.38. The number of aliphatic hydroxyl groups is 1. The Bertz CT molecular complexity index is 169. The van der Waals surface area contributed by atoms with Crippen LogP contribution in [0.1, 0.15) is 19.0 Å². The van der Waals surface area contributed by atoms with Crippen LogP contribution in [-0.2, 0) is 4.74 Å². The molecule has 0 aliphatic heterocycles. The van der Waals surface area contributed by atoms with E-state index >= 15 is 0 Å². The lowest BCUT2D eigenvalue weighted by Crippen LogP contribution is -2.00. The maximum atomic E-state index is 9.09. The van der Waals surface area contributed by atoms with E-state index in [-0.39, 0.29) is 0 Å². The van der Waals surface area contributed by atoms with E-state index in [0.717, 1.165) is 0 Å². The first-order valence-corrected chi connectivity index (χ1v) is 3.17. The van der Waals surface area contributed by atoms with E-state index in [9.17, 15) is 0 Å². The van der Waals surface area contributed by atoms with Crippen molar-refractivity contribution in [1.29, 1.82) is 0 Å². The molecule has 0 spiro atoms. The van der Waals surface area contributed by atoms with Crippen molar-refractivity contribution >= 4 is 0 Å². The Balaban J connectivity index is 2.50. The molecule has 3 nitrogen and oxygen atoms in total. The predicted octanol–water partition coefficient (Wildman–Crippen LogP) is 1.31. The lowest BCUT2D eigenvalue weighted by atomic mass is 10.4. The van der Waals surface area contributed by atoms with Gasteiger partial charge in [-0.2, -0.15) is 0 Å². The summed E-state index contributed by atoms with van der Waals surface area (Å²) in [5.74, 6) is 0.446. The minimum atomic E-state index is -0.917. The van der Waals surface area contributed by atoms with Crippen molar-refractivity contribution in [1.82, 2.24) is 0 Å². The summed E-state index contributed by atoms with van der Waals surface area (Å²) < 4.78 is 9.72. The Morgan fingerprint density at radius 3 is 3.10 bits per heavy atom. The molecule has 10 heavy (non-hydrogen) atoms. The zero-order valence-corrected chi connectivity index (χ0v) is 5.78. The largest absolute Gasteiger partial charge is 0.464 e. The van der Waals surface area contributed by atoms with Crippen LogP contribution in [0, 0.1) is 0 Å². The third kappa shape index (κ3) is 1.59. The first kappa shape index (κ1) is 7.31. The standard InChI is InChI=1S/C7H10O3/c1-2-9-7(8)6-4-3-5-10-6/h3-5,7-8H,2H2,1H3. The van der Waals surface area contributed by atoms with Crippen molar-refractivity contribution in [3.05, 3.63) is 24.2 Å². The molecule has 1 heterocycles. The Hall–Kier alpha value is -0.800. The normalized spacial score (nSPS) is 13.4. The maximum Gasteiger partial charge on any atom is 0.214 e. The molecule has 1 atom stereocenters. The van der Waals surface area contributed by atoms with Gasteiger partial charge in [0.2, 0.25) is 6.29 Å². The van der Waals surface area contributed by atoms with Gasteiger partial charge < -0.3 is 14.3 Å². The molecule has 0 aliphatic carbocycles. The maximum absolute atomic E-state index is 9.09. The summed E-state index contributed by atoms with van der Waals surface area (Å²) in [6.45, 7) is 2.29. The molecule has 1 aromatic rings. The fourth-order valence-corrected chi connectivity index (χ4v) is 0.672. The molecule has 1 N–H and O–H groups in total. The molecule has 0 bridgehead atoms. The van der Waals surface area contributed by atoms with Gasteiger partial charge in [0.05, 0.1) is 6.26 Å². The van der Waals surface area contributed by atoms with Crippen LogP contribution in [0.5, 0.6) is 0 Å². The van der Waals surface area contributed by atoms with Gasteiger partial charge in [0.25, 0.3) is 0 Å². The molecule has 3 heteroatoms. The molecule has 0 saturated carbocycles. The third-order valence-electron chi connectivity index (χ3n) is 1.11. The molecule has 0 radical (unpaired) electrons. The Morgan fingerprint density at radius 2 is 2.60 bits per heavy atom. The summed E-state index contributed by atoms with van der Waals surface area (Å²) in [5, 5.41) is 9.09. The monoisotopic (exact) mass is 142 g/mol. The molecule has 0 amide bonds. The van der Waals surface area contributed by atoms with Crippen LogP contribution in [0.15, 0.2) is 22.8 Å². The molecule has 56 valence electrons. The molecular formula is C7H10O3. The summed E-state index contributed by atoms with van der Waals surface area (Å²) in [4.78, 5) is 0. The van der Waals surface area contributed by atoms with E-state index in [4.69, 9.17) is 14.3 Å². The highest BCUT2D eigenvalue weighted by Gasteiger charge is 2.07. The highest BCUT2D eigenvalue weighted by Crippen LogP contribution is 2.13. The second-order valence-corrected chi connectivity index (χ2v) is 1.82. The molecule has 0 saturated heterocycles. The van der Waals surface area contributed by atoms with Crippen LogP contribution in [0.2, 0.25) is 0 Å². The highest BCUT2D eigenvalue weighted by atomic mass is 16.6. The van der Waals surface area contributed by atoms with Crippen LogP contribution in [-0.4, -0.2) is 11.7 Å². The van der Waals surface area contributed by atoms with Gasteiger partial charge in [0.1, 0.15) is 0 Å². The first-order chi connectivity index (χ1) is 4.84. The van der Waals surface area contributed by atoms with Gasteiger partial charge in [-0.1, -0.05) is 0 Å². The van der Waals surface area contributed by atoms with Crippen LogP contribution < -0.4 is 0 Å². The summed E-state index contributed by atoms with van der Waals surface area (Å²) >= 11 is 0. The van der Waals surface area contributed by atoms with Crippen LogP contribution >= 0.6 is 0 Å². The van der Waals surface area contributed by atoms with Crippen molar-refractivity contribution in [2.75, 3.05) is 6.61 Å². The number of aliphatic hydroxyl groups excluding tert-OH is 1. The fraction of sp³-hybridized carbons (Fsp3) is 0.429. The van der Waals surface area contributed by atoms with Crippen molar-refractivity contribution in [3.8, 4) is 0 Å². The molecule has 0 aromatic carbocycles. The van der Waals surface area contributed by atoms with E-state index in [1.165, 1.54) is 6.26 Å². The average molecular weight is 142 g/mol. The van der Waals surface area contributed by atoms with E-state index < -0.39 is 6.29 Å². The van der Waals surface area contributed by atoms with E-state index in [2.05, 4.69) is 0 Å². The van der Waals surface area contributed by atoms with E-state index in [1.807, 2.05) is 6.92 Å². The molecule has 0 aliphatic rings. The molecule has 1 rings (SSSR count). The second kappa shape index (κ2) is 3.39. The number of furan rings is 1. The van der Waals surface area contributed by atoms with Crippen molar-refractivity contribution in [2.24, 2.45) is 0 Å². The minimum Gasteiger partial charge on any atom is -0.464 e. The number of ether oxygens (including phenoxy) is 1. The van der Waals surface area contributed by atoms with Gasteiger partial charge in [-0.15, -0.1) is 0 Å². The van der Waals surface area contributed by atoms with E-state index in [1.54, 1.807) is 12.1 Å². The smallest absolute Gasteiger partial charge is 0.214 e. The zero-order valence-electron chi connectivity index (χ0n) is 5.78. The Morgan fingerprint density at radius 1 is 1.80 bits per heavy atom. The van der Waals surface area contributed by atoms with Crippen molar-refractivity contribution in [3.63, 3.8) is 0 Å².